The molecule has 0 amide bonds. The minimum atomic E-state index is 0.749. The third-order valence-electron chi connectivity index (χ3n) is 2.84. The first-order chi connectivity index (χ1) is 8.74. The molecule has 2 aromatic rings. The molecule has 0 spiro atoms. The van der Waals surface area contributed by atoms with Crippen molar-refractivity contribution < 1.29 is 9.15 Å². The molecule has 0 atom stereocenters. The zero-order chi connectivity index (χ0) is 13.0. The van der Waals surface area contributed by atoms with Crippen LogP contribution < -0.4 is 10.1 Å². The highest BCUT2D eigenvalue weighted by molar-refractivity contribution is 5.60. The number of aryl methyl sites for hydroxylation is 1. The monoisotopic (exact) mass is 246 g/mol. The summed E-state index contributed by atoms with van der Waals surface area (Å²) < 4.78 is 11.0. The molecule has 4 heteroatoms. The van der Waals surface area contributed by atoms with E-state index in [9.17, 15) is 0 Å². The van der Waals surface area contributed by atoms with Crippen molar-refractivity contribution in [1.82, 2.24) is 10.3 Å². The van der Waals surface area contributed by atoms with Crippen molar-refractivity contribution in [2.75, 3.05) is 20.7 Å². The second-order valence-electron chi connectivity index (χ2n) is 4.16. The van der Waals surface area contributed by atoms with Gasteiger partial charge in [0.05, 0.1) is 13.3 Å². The second kappa shape index (κ2) is 5.69. The highest BCUT2D eigenvalue weighted by atomic mass is 16.5. The van der Waals surface area contributed by atoms with E-state index < -0.39 is 0 Å². The molecule has 2 rings (SSSR count). The van der Waals surface area contributed by atoms with E-state index in [1.165, 1.54) is 0 Å². The van der Waals surface area contributed by atoms with Crippen LogP contribution in [0.2, 0.25) is 0 Å². The average molecular weight is 246 g/mol. The fraction of sp³-hybridized carbons (Fsp3) is 0.357. The Balaban J connectivity index is 2.23. The quantitative estimate of drug-likeness (QED) is 0.880. The molecule has 0 radical (unpaired) electrons. The Kier molecular flexibility index (Phi) is 3.99. The van der Waals surface area contributed by atoms with E-state index in [-0.39, 0.29) is 0 Å². The van der Waals surface area contributed by atoms with Crippen molar-refractivity contribution in [2.45, 2.75) is 13.3 Å². The van der Waals surface area contributed by atoms with Gasteiger partial charge in [0.2, 0.25) is 0 Å². The molecule has 0 unspecified atom stereocenters. The number of rotatable bonds is 5. The summed E-state index contributed by atoms with van der Waals surface area (Å²) in [7, 11) is 3.58. The van der Waals surface area contributed by atoms with E-state index in [0.29, 0.717) is 0 Å². The first-order valence-corrected chi connectivity index (χ1v) is 5.99. The van der Waals surface area contributed by atoms with Crippen LogP contribution in [0.1, 0.15) is 11.5 Å². The molecule has 18 heavy (non-hydrogen) atoms. The Labute approximate surface area is 107 Å². The predicted molar refractivity (Wildman–Crippen MR) is 70.9 cm³/mol. The fourth-order valence-electron chi connectivity index (χ4n) is 1.76. The minimum absolute atomic E-state index is 0.749. The SMILES string of the molecule is CNCCc1ncc(-c2ccc(C)c(OC)c2)o1. The number of aromatic nitrogens is 1. The lowest BCUT2D eigenvalue weighted by atomic mass is 10.1. The highest BCUT2D eigenvalue weighted by Crippen LogP contribution is 2.27. The summed E-state index contributed by atoms with van der Waals surface area (Å²) in [6, 6.07) is 6.00. The maximum Gasteiger partial charge on any atom is 0.196 e. The van der Waals surface area contributed by atoms with Crippen LogP contribution in [0.3, 0.4) is 0 Å². The van der Waals surface area contributed by atoms with Gasteiger partial charge in [0.25, 0.3) is 0 Å². The Morgan fingerprint density at radius 2 is 2.22 bits per heavy atom. The first-order valence-electron chi connectivity index (χ1n) is 5.99. The highest BCUT2D eigenvalue weighted by Gasteiger charge is 2.08. The molecule has 1 aromatic heterocycles. The van der Waals surface area contributed by atoms with E-state index in [0.717, 1.165) is 41.5 Å². The summed E-state index contributed by atoms with van der Waals surface area (Å²) in [5.41, 5.74) is 2.09. The molecule has 0 fully saturated rings. The number of likely N-dealkylation sites (N-methyl/N-ethyl adjacent to an activating group) is 1. The first kappa shape index (κ1) is 12.6. The lowest BCUT2D eigenvalue weighted by molar-refractivity contribution is 0.411. The second-order valence-corrected chi connectivity index (χ2v) is 4.16. The van der Waals surface area contributed by atoms with E-state index in [4.69, 9.17) is 9.15 Å². The third-order valence-corrected chi connectivity index (χ3v) is 2.84. The van der Waals surface area contributed by atoms with Gasteiger partial charge >= 0.3 is 0 Å². The molecular formula is C14H18N2O2. The maximum absolute atomic E-state index is 5.70. The van der Waals surface area contributed by atoms with Crippen molar-refractivity contribution in [1.29, 1.82) is 0 Å². The van der Waals surface area contributed by atoms with Crippen LogP contribution >= 0.6 is 0 Å². The van der Waals surface area contributed by atoms with Crippen LogP contribution in [0.5, 0.6) is 5.75 Å². The summed E-state index contributed by atoms with van der Waals surface area (Å²) >= 11 is 0. The molecule has 1 heterocycles. The van der Waals surface area contributed by atoms with Gasteiger partial charge in [-0.25, -0.2) is 4.98 Å². The summed E-state index contributed by atoms with van der Waals surface area (Å²) in [5.74, 6) is 2.39. The molecular weight excluding hydrogens is 228 g/mol. The molecule has 0 saturated heterocycles. The zero-order valence-electron chi connectivity index (χ0n) is 11.0. The van der Waals surface area contributed by atoms with Gasteiger partial charge in [0, 0.05) is 18.5 Å². The van der Waals surface area contributed by atoms with Gasteiger partial charge < -0.3 is 14.5 Å². The van der Waals surface area contributed by atoms with E-state index in [1.807, 2.05) is 32.2 Å². The third kappa shape index (κ3) is 2.71. The molecule has 0 aliphatic rings. The summed E-state index contributed by atoms with van der Waals surface area (Å²) in [4.78, 5) is 4.26. The average Bonchev–Trinajstić information content (AvgIpc) is 2.85. The van der Waals surface area contributed by atoms with Crippen molar-refractivity contribution in [3.8, 4) is 17.1 Å². The van der Waals surface area contributed by atoms with Crippen LogP contribution in [0.25, 0.3) is 11.3 Å². The lowest BCUT2D eigenvalue weighted by Gasteiger charge is -2.05. The van der Waals surface area contributed by atoms with E-state index in [1.54, 1.807) is 13.3 Å². The Morgan fingerprint density at radius 1 is 1.39 bits per heavy atom. The van der Waals surface area contributed by atoms with E-state index >= 15 is 0 Å². The molecule has 96 valence electrons. The number of nitrogens with one attached hydrogen (secondary N) is 1. The number of oxazole rings is 1. The molecule has 0 aliphatic heterocycles. The van der Waals surface area contributed by atoms with Crippen LogP contribution in [0.4, 0.5) is 0 Å². The Hall–Kier alpha value is -1.81. The van der Waals surface area contributed by atoms with Crippen LogP contribution in [-0.4, -0.2) is 25.7 Å². The summed E-state index contributed by atoms with van der Waals surface area (Å²) in [6.07, 6.45) is 2.55. The Morgan fingerprint density at radius 3 is 2.94 bits per heavy atom. The largest absolute Gasteiger partial charge is 0.496 e. The summed E-state index contributed by atoms with van der Waals surface area (Å²) in [5, 5.41) is 3.07. The summed E-state index contributed by atoms with van der Waals surface area (Å²) in [6.45, 7) is 2.87. The molecule has 1 aromatic carbocycles. The van der Waals surface area contributed by atoms with Crippen LogP contribution in [0, 0.1) is 6.92 Å². The molecule has 0 saturated carbocycles. The van der Waals surface area contributed by atoms with Gasteiger partial charge in [0.1, 0.15) is 5.75 Å². The predicted octanol–water partition coefficient (Wildman–Crippen LogP) is 2.42. The van der Waals surface area contributed by atoms with Gasteiger partial charge in [0.15, 0.2) is 11.7 Å². The molecule has 0 bridgehead atoms. The van der Waals surface area contributed by atoms with Crippen LogP contribution in [0.15, 0.2) is 28.8 Å². The van der Waals surface area contributed by atoms with Gasteiger partial charge in [-0.1, -0.05) is 12.1 Å². The number of hydrogen-bond donors (Lipinski definition) is 1. The smallest absolute Gasteiger partial charge is 0.196 e. The van der Waals surface area contributed by atoms with Crippen molar-refractivity contribution >= 4 is 0 Å². The van der Waals surface area contributed by atoms with Gasteiger partial charge in [-0.3, -0.25) is 0 Å². The topological polar surface area (TPSA) is 47.3 Å². The minimum Gasteiger partial charge on any atom is -0.496 e. The number of methoxy groups -OCH3 is 1. The molecule has 1 N–H and O–H groups in total. The zero-order valence-corrected chi connectivity index (χ0v) is 11.0. The van der Waals surface area contributed by atoms with Gasteiger partial charge in [-0.05, 0) is 25.6 Å². The molecule has 0 aliphatic carbocycles. The van der Waals surface area contributed by atoms with Crippen molar-refractivity contribution in [3.05, 3.63) is 35.9 Å². The standard InChI is InChI=1S/C14H18N2O2/c1-10-4-5-11(8-12(10)17-3)13-9-16-14(18-13)6-7-15-2/h4-5,8-9,15H,6-7H2,1-3H3. The molecule has 4 nitrogen and oxygen atoms in total. The Bertz CT molecular complexity index is 520. The number of nitrogens with zero attached hydrogens (tertiary/aromatic N) is 1. The van der Waals surface area contributed by atoms with Crippen molar-refractivity contribution in [3.63, 3.8) is 0 Å². The van der Waals surface area contributed by atoms with E-state index in [2.05, 4.69) is 10.3 Å². The van der Waals surface area contributed by atoms with Gasteiger partial charge in [-0.15, -0.1) is 0 Å². The number of hydrogen-bond acceptors (Lipinski definition) is 4. The normalized spacial score (nSPS) is 10.6. The van der Waals surface area contributed by atoms with Gasteiger partial charge in [-0.2, -0.15) is 0 Å². The number of ether oxygens (including phenoxy) is 1. The van der Waals surface area contributed by atoms with Crippen LogP contribution in [-0.2, 0) is 6.42 Å². The fourth-order valence-corrected chi connectivity index (χ4v) is 1.76. The number of benzene rings is 1. The lowest BCUT2D eigenvalue weighted by Crippen LogP contribution is -2.10. The van der Waals surface area contributed by atoms with Crippen molar-refractivity contribution in [2.24, 2.45) is 0 Å². The maximum atomic E-state index is 5.70.